The van der Waals surface area contributed by atoms with E-state index in [2.05, 4.69) is 37.3 Å². The van der Waals surface area contributed by atoms with Crippen LogP contribution < -0.4 is 0 Å². The number of unbranched alkanes of at least 4 members (excludes halogenated alkanes) is 1. The van der Waals surface area contributed by atoms with E-state index in [0.717, 1.165) is 11.5 Å². The smallest absolute Gasteiger partial charge is 0.0991 e. The van der Waals surface area contributed by atoms with E-state index in [9.17, 15) is 0 Å². The Hall–Kier alpha value is -1.55. The molecule has 0 aliphatic heterocycles. The van der Waals surface area contributed by atoms with Gasteiger partial charge in [-0.05, 0) is 74.5 Å². The standard InChI is InChI=1S/C20H27N/c1-2-3-4-5-6-7-17-8-12-19(13-9-17)20-14-10-18(16-21)11-15-20/h4-5,10-11,14-15,17,19H,2-3,6-9,12-13H2,1H3/b5-4+. The summed E-state index contributed by atoms with van der Waals surface area (Å²) >= 11 is 0. The molecule has 0 radical (unpaired) electrons. The molecule has 0 atom stereocenters. The van der Waals surface area contributed by atoms with Gasteiger partial charge in [-0.15, -0.1) is 0 Å². The van der Waals surface area contributed by atoms with Crippen LogP contribution in [0.3, 0.4) is 0 Å². The Kier molecular flexibility index (Phi) is 6.54. The van der Waals surface area contributed by atoms with Crippen molar-refractivity contribution in [3.05, 3.63) is 47.5 Å². The Morgan fingerprint density at radius 2 is 1.71 bits per heavy atom. The van der Waals surface area contributed by atoms with Gasteiger partial charge >= 0.3 is 0 Å². The van der Waals surface area contributed by atoms with Crippen LogP contribution in [0.1, 0.15) is 75.3 Å². The molecule has 0 aromatic heterocycles. The first-order valence-electron chi connectivity index (χ1n) is 8.48. The van der Waals surface area contributed by atoms with E-state index in [0.29, 0.717) is 5.92 Å². The van der Waals surface area contributed by atoms with Crippen molar-refractivity contribution >= 4 is 0 Å². The van der Waals surface area contributed by atoms with E-state index >= 15 is 0 Å². The summed E-state index contributed by atoms with van der Waals surface area (Å²) in [5.74, 6) is 1.63. The van der Waals surface area contributed by atoms with E-state index < -0.39 is 0 Å². The zero-order valence-electron chi connectivity index (χ0n) is 13.2. The summed E-state index contributed by atoms with van der Waals surface area (Å²) < 4.78 is 0. The van der Waals surface area contributed by atoms with Crippen molar-refractivity contribution in [1.82, 2.24) is 0 Å². The summed E-state index contributed by atoms with van der Waals surface area (Å²) in [6.07, 6.45) is 15.2. The minimum Gasteiger partial charge on any atom is -0.192 e. The molecule has 1 aliphatic rings. The molecule has 0 unspecified atom stereocenters. The van der Waals surface area contributed by atoms with Gasteiger partial charge in [-0.2, -0.15) is 5.26 Å². The van der Waals surface area contributed by atoms with Crippen molar-refractivity contribution in [2.24, 2.45) is 5.92 Å². The van der Waals surface area contributed by atoms with Crippen molar-refractivity contribution in [3.63, 3.8) is 0 Å². The lowest BCUT2D eigenvalue weighted by molar-refractivity contribution is 0.312. The van der Waals surface area contributed by atoms with Crippen LogP contribution in [0.4, 0.5) is 0 Å². The van der Waals surface area contributed by atoms with Crippen molar-refractivity contribution in [1.29, 1.82) is 5.26 Å². The summed E-state index contributed by atoms with van der Waals surface area (Å²) in [5.41, 5.74) is 2.20. The molecule has 112 valence electrons. The second-order valence-corrected chi connectivity index (χ2v) is 6.29. The van der Waals surface area contributed by atoms with Gasteiger partial charge in [0, 0.05) is 0 Å². The van der Waals surface area contributed by atoms with Gasteiger partial charge in [-0.25, -0.2) is 0 Å². The molecular formula is C20H27N. The Labute approximate surface area is 129 Å². The van der Waals surface area contributed by atoms with Gasteiger partial charge in [0.05, 0.1) is 11.6 Å². The Morgan fingerprint density at radius 1 is 1.05 bits per heavy atom. The third-order valence-corrected chi connectivity index (χ3v) is 4.72. The normalized spacial score (nSPS) is 22.3. The number of hydrogen-bond acceptors (Lipinski definition) is 1. The molecule has 21 heavy (non-hydrogen) atoms. The predicted molar refractivity (Wildman–Crippen MR) is 89.1 cm³/mol. The van der Waals surface area contributed by atoms with E-state index in [1.807, 2.05) is 12.1 Å². The minimum absolute atomic E-state index is 0.713. The monoisotopic (exact) mass is 281 g/mol. The molecule has 0 bridgehead atoms. The highest BCUT2D eigenvalue weighted by Gasteiger charge is 2.21. The molecular weight excluding hydrogens is 254 g/mol. The van der Waals surface area contributed by atoms with Crippen LogP contribution in [0.2, 0.25) is 0 Å². The summed E-state index contributed by atoms with van der Waals surface area (Å²) in [4.78, 5) is 0. The number of rotatable bonds is 6. The average Bonchev–Trinajstić information content (AvgIpc) is 2.55. The minimum atomic E-state index is 0.713. The summed E-state index contributed by atoms with van der Waals surface area (Å²) in [6, 6.07) is 10.4. The fourth-order valence-corrected chi connectivity index (χ4v) is 3.35. The maximum absolute atomic E-state index is 8.85. The lowest BCUT2D eigenvalue weighted by Gasteiger charge is -2.28. The van der Waals surface area contributed by atoms with E-state index in [1.165, 1.54) is 56.9 Å². The first-order chi connectivity index (χ1) is 10.3. The molecule has 1 saturated carbocycles. The summed E-state index contributed by atoms with van der Waals surface area (Å²) in [6.45, 7) is 2.23. The second-order valence-electron chi connectivity index (χ2n) is 6.29. The van der Waals surface area contributed by atoms with Crippen LogP contribution in [0.5, 0.6) is 0 Å². The van der Waals surface area contributed by atoms with E-state index in [4.69, 9.17) is 5.26 Å². The van der Waals surface area contributed by atoms with Gasteiger partial charge in [0.2, 0.25) is 0 Å². The summed E-state index contributed by atoms with van der Waals surface area (Å²) in [5, 5.41) is 8.85. The molecule has 1 aliphatic carbocycles. The fourth-order valence-electron chi connectivity index (χ4n) is 3.35. The molecule has 0 amide bonds. The highest BCUT2D eigenvalue weighted by Crippen LogP contribution is 2.37. The topological polar surface area (TPSA) is 23.8 Å². The van der Waals surface area contributed by atoms with Crippen LogP contribution in [0.15, 0.2) is 36.4 Å². The first kappa shape index (κ1) is 15.8. The largest absolute Gasteiger partial charge is 0.192 e. The molecule has 1 fully saturated rings. The Bertz CT molecular complexity index is 470. The SMILES string of the molecule is CCC/C=C/CCC1CCC(c2ccc(C#N)cc2)CC1. The maximum Gasteiger partial charge on any atom is 0.0991 e. The van der Waals surface area contributed by atoms with Crippen molar-refractivity contribution < 1.29 is 0 Å². The molecule has 1 heteroatoms. The van der Waals surface area contributed by atoms with Gasteiger partial charge < -0.3 is 0 Å². The lowest BCUT2D eigenvalue weighted by Crippen LogP contribution is -2.13. The predicted octanol–water partition coefficient (Wildman–Crippen LogP) is 5.97. The highest BCUT2D eigenvalue weighted by atomic mass is 14.3. The lowest BCUT2D eigenvalue weighted by atomic mass is 9.77. The molecule has 0 N–H and O–H groups in total. The molecule has 0 spiro atoms. The number of benzene rings is 1. The zero-order valence-corrected chi connectivity index (χ0v) is 13.2. The molecule has 2 rings (SSSR count). The van der Waals surface area contributed by atoms with Crippen LogP contribution >= 0.6 is 0 Å². The van der Waals surface area contributed by atoms with Gasteiger partial charge in [-0.3, -0.25) is 0 Å². The van der Waals surface area contributed by atoms with Crippen LogP contribution in [0.25, 0.3) is 0 Å². The molecule has 1 nitrogen and oxygen atoms in total. The summed E-state index contributed by atoms with van der Waals surface area (Å²) in [7, 11) is 0. The van der Waals surface area contributed by atoms with E-state index in [1.54, 1.807) is 0 Å². The molecule has 0 saturated heterocycles. The third kappa shape index (κ3) is 5.05. The second kappa shape index (κ2) is 8.67. The Morgan fingerprint density at radius 3 is 2.33 bits per heavy atom. The maximum atomic E-state index is 8.85. The number of hydrogen-bond donors (Lipinski definition) is 0. The number of nitriles is 1. The molecule has 1 aromatic carbocycles. The van der Waals surface area contributed by atoms with Crippen LogP contribution in [0, 0.1) is 17.2 Å². The van der Waals surface area contributed by atoms with Crippen LogP contribution in [-0.4, -0.2) is 0 Å². The van der Waals surface area contributed by atoms with Crippen LogP contribution in [-0.2, 0) is 0 Å². The number of nitrogens with zero attached hydrogens (tertiary/aromatic N) is 1. The first-order valence-corrected chi connectivity index (χ1v) is 8.48. The third-order valence-electron chi connectivity index (χ3n) is 4.72. The molecule has 1 aromatic rings. The number of allylic oxidation sites excluding steroid dienone is 2. The van der Waals surface area contributed by atoms with E-state index in [-0.39, 0.29) is 0 Å². The van der Waals surface area contributed by atoms with Gasteiger partial charge in [0.25, 0.3) is 0 Å². The Balaban J connectivity index is 1.73. The van der Waals surface area contributed by atoms with Gasteiger partial charge in [0.15, 0.2) is 0 Å². The van der Waals surface area contributed by atoms with Crippen molar-refractivity contribution in [2.45, 2.75) is 64.2 Å². The van der Waals surface area contributed by atoms with Crippen molar-refractivity contribution in [3.8, 4) is 6.07 Å². The fraction of sp³-hybridized carbons (Fsp3) is 0.550. The average molecular weight is 281 g/mol. The van der Waals surface area contributed by atoms with Crippen molar-refractivity contribution in [2.75, 3.05) is 0 Å². The highest BCUT2D eigenvalue weighted by molar-refractivity contribution is 5.33. The van der Waals surface area contributed by atoms with Gasteiger partial charge in [-0.1, -0.05) is 37.6 Å². The van der Waals surface area contributed by atoms with Gasteiger partial charge in [0.1, 0.15) is 0 Å². The zero-order chi connectivity index (χ0) is 14.9. The quantitative estimate of drug-likeness (QED) is 0.589. The molecule has 0 heterocycles.